The van der Waals surface area contributed by atoms with Crippen LogP contribution in [0.2, 0.25) is 0 Å². The van der Waals surface area contributed by atoms with Crippen molar-refractivity contribution in [1.29, 1.82) is 0 Å². The standard InChI is InChI=1S/C44H48F3N5O9S/c1-25-23-43(25,39(55)51-62(57,58)30-16-12-15-27(19-30)44(45,46)47)50-37(53)34-21-29(24-52(34)38(54)36(41(2,3)4)49-40(56)61-42(5,6)7)60-35-22-32(26-13-10-9-11-14-26)48-33-20-28(59-8)17-18-31(33)35/h9-20,22,29,34,36H,1,21,23-24H2,2-8H3,(H,49,56)(H,50,53)(H,51,55)/t29-,34+,36?,43-/m1/s1. The van der Waals surface area contributed by atoms with Crippen LogP contribution in [-0.4, -0.2) is 85.1 Å². The lowest BCUT2D eigenvalue weighted by Crippen LogP contribution is -2.60. The molecular weight excluding hydrogens is 832 g/mol. The fraction of sp³-hybridized carbons (Fsp3) is 0.386. The first kappa shape index (κ1) is 45.4. The van der Waals surface area contributed by atoms with Crippen molar-refractivity contribution in [2.24, 2.45) is 5.41 Å². The summed E-state index contributed by atoms with van der Waals surface area (Å²) in [6.45, 7) is 13.7. The van der Waals surface area contributed by atoms with Crippen LogP contribution < -0.4 is 24.8 Å². The van der Waals surface area contributed by atoms with Gasteiger partial charge in [0.15, 0.2) is 0 Å². The van der Waals surface area contributed by atoms with Gasteiger partial charge in [0.1, 0.15) is 40.8 Å². The Hall–Kier alpha value is -6.17. The number of nitrogens with one attached hydrogen (secondary N) is 3. The van der Waals surface area contributed by atoms with Crippen LogP contribution in [0.4, 0.5) is 18.0 Å². The minimum Gasteiger partial charge on any atom is -0.497 e. The van der Waals surface area contributed by atoms with Crippen molar-refractivity contribution in [3.8, 4) is 22.8 Å². The number of carbonyl (C=O) groups is 4. The van der Waals surface area contributed by atoms with Crippen LogP contribution in [0, 0.1) is 5.41 Å². The number of likely N-dealkylation sites (tertiary alicyclic amines) is 1. The van der Waals surface area contributed by atoms with Crippen molar-refractivity contribution in [2.45, 2.75) is 94.8 Å². The highest BCUT2D eigenvalue weighted by Gasteiger charge is 2.58. The molecule has 2 heterocycles. The van der Waals surface area contributed by atoms with Crippen molar-refractivity contribution < 1.29 is 55.0 Å². The zero-order valence-electron chi connectivity index (χ0n) is 35.2. The molecule has 14 nitrogen and oxygen atoms in total. The summed E-state index contributed by atoms with van der Waals surface area (Å²) in [4.78, 5) is 61.2. The normalized spacial score (nSPS) is 19.6. The number of aromatic nitrogens is 1. The van der Waals surface area contributed by atoms with Gasteiger partial charge in [-0.2, -0.15) is 13.2 Å². The lowest BCUT2D eigenvalue weighted by Gasteiger charge is -2.36. The number of halogens is 3. The molecule has 1 unspecified atom stereocenters. The summed E-state index contributed by atoms with van der Waals surface area (Å²) in [5.74, 6) is -1.90. The molecule has 2 aliphatic rings. The van der Waals surface area contributed by atoms with E-state index in [1.54, 1.807) is 70.5 Å². The Morgan fingerprint density at radius 1 is 0.935 bits per heavy atom. The van der Waals surface area contributed by atoms with E-state index >= 15 is 0 Å². The van der Waals surface area contributed by atoms with Gasteiger partial charge >= 0.3 is 12.3 Å². The highest BCUT2D eigenvalue weighted by atomic mass is 32.2. The summed E-state index contributed by atoms with van der Waals surface area (Å²) in [7, 11) is -3.35. The van der Waals surface area contributed by atoms with Crippen LogP contribution in [0.25, 0.3) is 22.2 Å². The first-order valence-electron chi connectivity index (χ1n) is 19.6. The van der Waals surface area contributed by atoms with Gasteiger partial charge in [-0.15, -0.1) is 0 Å². The third-order valence-electron chi connectivity index (χ3n) is 10.3. The molecule has 3 N–H and O–H groups in total. The van der Waals surface area contributed by atoms with E-state index in [1.807, 2.05) is 30.3 Å². The fourth-order valence-corrected chi connectivity index (χ4v) is 8.14. The number of ether oxygens (including phenoxy) is 3. The van der Waals surface area contributed by atoms with E-state index in [4.69, 9.17) is 19.2 Å². The first-order valence-corrected chi connectivity index (χ1v) is 21.1. The maximum absolute atomic E-state index is 14.7. The number of alkyl carbamates (subject to hydrolysis) is 1. The second-order valence-electron chi connectivity index (χ2n) is 17.3. The van der Waals surface area contributed by atoms with Gasteiger partial charge in [-0.1, -0.05) is 63.7 Å². The van der Waals surface area contributed by atoms with Gasteiger partial charge in [0, 0.05) is 35.9 Å². The molecule has 4 amide bonds. The molecule has 330 valence electrons. The lowest BCUT2D eigenvalue weighted by molar-refractivity contribution is -0.142. The number of amides is 4. The molecular formula is C44H48F3N5O9S. The summed E-state index contributed by atoms with van der Waals surface area (Å²) in [5, 5.41) is 5.83. The Balaban J connectivity index is 1.33. The number of sulfonamides is 1. The molecule has 3 aromatic carbocycles. The lowest BCUT2D eigenvalue weighted by atomic mass is 9.85. The van der Waals surface area contributed by atoms with Crippen molar-refractivity contribution in [1.82, 2.24) is 25.2 Å². The maximum atomic E-state index is 14.7. The summed E-state index contributed by atoms with van der Waals surface area (Å²) in [6.07, 6.45) is -6.94. The number of carbonyl (C=O) groups excluding carboxylic acids is 4. The Kier molecular flexibility index (Phi) is 12.1. The monoisotopic (exact) mass is 879 g/mol. The number of rotatable bonds is 11. The number of alkyl halides is 3. The maximum Gasteiger partial charge on any atom is 0.416 e. The van der Waals surface area contributed by atoms with Crippen molar-refractivity contribution >= 4 is 44.7 Å². The van der Waals surface area contributed by atoms with Gasteiger partial charge in [-0.3, -0.25) is 14.4 Å². The molecule has 1 aromatic heterocycles. The quantitative estimate of drug-likeness (QED) is 0.140. The number of methoxy groups -OCH3 is 1. The molecule has 4 atom stereocenters. The van der Waals surface area contributed by atoms with E-state index < -0.39 is 85.2 Å². The Morgan fingerprint density at radius 3 is 2.21 bits per heavy atom. The van der Waals surface area contributed by atoms with Crippen molar-refractivity contribution in [2.75, 3.05) is 13.7 Å². The zero-order valence-corrected chi connectivity index (χ0v) is 36.0. The minimum atomic E-state index is -4.87. The second-order valence-corrected chi connectivity index (χ2v) is 19.0. The fourth-order valence-electron chi connectivity index (χ4n) is 7.06. The van der Waals surface area contributed by atoms with Crippen molar-refractivity contribution in [3.05, 3.63) is 96.6 Å². The molecule has 0 spiro atoms. The first-order chi connectivity index (χ1) is 28.8. The van der Waals surface area contributed by atoms with E-state index in [9.17, 15) is 40.8 Å². The average Bonchev–Trinajstić information content (AvgIpc) is 3.64. The van der Waals surface area contributed by atoms with E-state index in [1.165, 1.54) is 12.0 Å². The van der Waals surface area contributed by atoms with Crippen molar-refractivity contribution in [3.63, 3.8) is 0 Å². The second kappa shape index (κ2) is 16.6. The third-order valence-corrected chi connectivity index (χ3v) is 11.7. The largest absolute Gasteiger partial charge is 0.497 e. The van der Waals surface area contributed by atoms with Gasteiger partial charge in [0.2, 0.25) is 11.8 Å². The molecule has 62 heavy (non-hydrogen) atoms. The van der Waals surface area contributed by atoms with E-state index in [0.717, 1.165) is 17.7 Å². The van der Waals surface area contributed by atoms with Gasteiger partial charge in [0.25, 0.3) is 15.9 Å². The molecule has 2 fully saturated rings. The molecule has 1 aliphatic heterocycles. The third kappa shape index (κ3) is 9.96. The zero-order chi connectivity index (χ0) is 45.6. The van der Waals surface area contributed by atoms with Crippen LogP contribution in [0.3, 0.4) is 0 Å². The molecule has 1 saturated carbocycles. The van der Waals surface area contributed by atoms with Gasteiger partial charge in [0.05, 0.1) is 35.3 Å². The molecule has 18 heteroatoms. The average molecular weight is 880 g/mol. The molecule has 1 aliphatic carbocycles. The summed E-state index contributed by atoms with van der Waals surface area (Å²) < 4.78 is 86.0. The number of nitrogens with zero attached hydrogens (tertiary/aromatic N) is 2. The van der Waals surface area contributed by atoms with Crippen LogP contribution in [-0.2, 0) is 35.3 Å². The van der Waals surface area contributed by atoms with Gasteiger partial charge in [-0.25, -0.2) is 22.9 Å². The molecule has 1 saturated heterocycles. The summed E-state index contributed by atoms with van der Waals surface area (Å²) in [5.41, 5.74) is -3.07. The Labute approximate surface area is 357 Å². The SMILES string of the molecule is C=C1C[C@]1(NC(=O)[C@@H]1C[C@@H](Oc2cc(-c3ccccc3)nc3cc(OC)ccc23)CN1C(=O)C(NC(=O)OC(C)(C)C)C(C)(C)C)C(=O)NS(=O)(=O)c1cccc(C(F)(F)F)c1. The highest BCUT2D eigenvalue weighted by Crippen LogP contribution is 2.43. The minimum absolute atomic E-state index is 0.109. The Bertz CT molecular complexity index is 2540. The van der Waals surface area contributed by atoms with E-state index in [2.05, 4.69) is 17.2 Å². The van der Waals surface area contributed by atoms with Crippen LogP contribution in [0.5, 0.6) is 11.5 Å². The molecule has 6 rings (SSSR count). The molecule has 0 radical (unpaired) electrons. The van der Waals surface area contributed by atoms with Gasteiger partial charge in [-0.05, 0) is 62.1 Å². The predicted molar refractivity (Wildman–Crippen MR) is 222 cm³/mol. The summed E-state index contributed by atoms with van der Waals surface area (Å²) in [6, 6.07) is 16.6. The molecule has 4 aromatic rings. The highest BCUT2D eigenvalue weighted by molar-refractivity contribution is 7.90. The molecule has 0 bridgehead atoms. The van der Waals surface area contributed by atoms with Crippen LogP contribution >= 0.6 is 0 Å². The van der Waals surface area contributed by atoms with Crippen LogP contribution in [0.15, 0.2) is 95.9 Å². The number of hydrogen-bond donors (Lipinski definition) is 3. The Morgan fingerprint density at radius 2 is 1.61 bits per heavy atom. The predicted octanol–water partition coefficient (Wildman–Crippen LogP) is 6.54. The van der Waals surface area contributed by atoms with E-state index in [-0.39, 0.29) is 25.0 Å². The van der Waals surface area contributed by atoms with E-state index in [0.29, 0.717) is 40.2 Å². The number of fused-ring (bicyclic) bond motifs is 1. The number of hydrogen-bond acceptors (Lipinski definition) is 10. The van der Waals surface area contributed by atoms with Crippen LogP contribution in [0.1, 0.15) is 59.9 Å². The smallest absolute Gasteiger partial charge is 0.416 e. The number of pyridine rings is 1. The number of benzene rings is 3. The summed E-state index contributed by atoms with van der Waals surface area (Å²) >= 11 is 0. The topological polar surface area (TPSA) is 182 Å². The van der Waals surface area contributed by atoms with Gasteiger partial charge < -0.3 is 29.7 Å².